The largest absolute Gasteiger partial charge is 0.392 e. The van der Waals surface area contributed by atoms with Crippen LogP contribution in [0.3, 0.4) is 0 Å². The fraction of sp³-hybridized carbons (Fsp3) is 0.857. The molecule has 0 heterocycles. The summed E-state index contributed by atoms with van der Waals surface area (Å²) >= 11 is 0. The zero-order chi connectivity index (χ0) is 7.98. The molecule has 0 aliphatic heterocycles. The number of aliphatic hydroxyl groups is 1. The molecule has 0 spiro atoms. The summed E-state index contributed by atoms with van der Waals surface area (Å²) in [4.78, 5) is 11.8. The Bertz CT molecular complexity index is 93.6. The zero-order valence-electron chi connectivity index (χ0n) is 6.58. The molecular weight excluding hydrogens is 130 g/mol. The number of hydrogen-bond donors (Lipinski definition) is 1. The first-order valence-corrected chi connectivity index (χ1v) is 3.47. The lowest BCUT2D eigenvalue weighted by Crippen LogP contribution is -2.28. The van der Waals surface area contributed by atoms with E-state index >= 15 is 0 Å². The van der Waals surface area contributed by atoms with Crippen LogP contribution in [0.1, 0.15) is 13.3 Å². The summed E-state index contributed by atoms with van der Waals surface area (Å²) in [5, 5.41) is 8.89. The van der Waals surface area contributed by atoms with Crippen LogP contribution in [0.5, 0.6) is 0 Å². The Morgan fingerprint density at radius 2 is 2.30 bits per heavy atom. The minimum atomic E-state index is -0.309. The van der Waals surface area contributed by atoms with Gasteiger partial charge in [-0.25, -0.2) is 0 Å². The molecule has 0 aromatic heterocycles. The van der Waals surface area contributed by atoms with Gasteiger partial charge in [0.15, 0.2) is 0 Å². The van der Waals surface area contributed by atoms with Crippen LogP contribution in [0.2, 0.25) is 0 Å². The third-order valence-corrected chi connectivity index (χ3v) is 1.20. The molecule has 0 aliphatic rings. The molecule has 10 heavy (non-hydrogen) atoms. The topological polar surface area (TPSA) is 40.5 Å². The van der Waals surface area contributed by atoms with E-state index in [1.165, 1.54) is 0 Å². The molecule has 0 saturated carbocycles. The molecule has 1 atom stereocenters. The molecule has 3 nitrogen and oxygen atoms in total. The molecule has 1 unspecified atom stereocenters. The van der Waals surface area contributed by atoms with Crippen molar-refractivity contribution in [3.63, 3.8) is 0 Å². The van der Waals surface area contributed by atoms with Gasteiger partial charge in [-0.05, 0) is 14.0 Å². The average Bonchev–Trinajstić information content (AvgIpc) is 1.82. The van der Waals surface area contributed by atoms with Gasteiger partial charge < -0.3 is 14.8 Å². The van der Waals surface area contributed by atoms with Gasteiger partial charge in [-0.3, -0.25) is 0 Å². The van der Waals surface area contributed by atoms with Gasteiger partial charge in [0.1, 0.15) is 6.29 Å². The van der Waals surface area contributed by atoms with Crippen LogP contribution < -0.4 is 0 Å². The van der Waals surface area contributed by atoms with Crippen molar-refractivity contribution in [2.45, 2.75) is 19.4 Å². The van der Waals surface area contributed by atoms with E-state index in [9.17, 15) is 4.79 Å². The van der Waals surface area contributed by atoms with Crippen molar-refractivity contribution < 1.29 is 9.90 Å². The highest BCUT2D eigenvalue weighted by atomic mass is 16.3. The first kappa shape index (κ1) is 9.59. The summed E-state index contributed by atoms with van der Waals surface area (Å²) < 4.78 is 0. The second kappa shape index (κ2) is 5.38. The standard InChI is InChI=1S/C7H15NO2/c1-7(10)6-8(2)4-3-5-9/h5,7,10H,3-4,6H2,1-2H3. The van der Waals surface area contributed by atoms with Crippen molar-refractivity contribution in [2.24, 2.45) is 0 Å². The minimum Gasteiger partial charge on any atom is -0.392 e. The van der Waals surface area contributed by atoms with Gasteiger partial charge in [0, 0.05) is 19.5 Å². The summed E-state index contributed by atoms with van der Waals surface area (Å²) in [6, 6.07) is 0. The molecule has 0 saturated heterocycles. The minimum absolute atomic E-state index is 0.309. The molecule has 60 valence electrons. The third kappa shape index (κ3) is 5.72. The highest BCUT2D eigenvalue weighted by Gasteiger charge is 2.00. The predicted octanol–water partition coefficient (Wildman–Crippen LogP) is -0.112. The molecule has 0 bridgehead atoms. The van der Waals surface area contributed by atoms with Crippen LogP contribution in [0.15, 0.2) is 0 Å². The lowest BCUT2D eigenvalue weighted by Gasteiger charge is -2.16. The van der Waals surface area contributed by atoms with Crippen molar-refractivity contribution in [2.75, 3.05) is 20.1 Å². The maximum Gasteiger partial charge on any atom is 0.121 e. The Kier molecular flexibility index (Phi) is 5.16. The fourth-order valence-electron chi connectivity index (χ4n) is 0.815. The van der Waals surface area contributed by atoms with E-state index in [1.807, 2.05) is 11.9 Å². The van der Waals surface area contributed by atoms with Crippen molar-refractivity contribution in [3.05, 3.63) is 0 Å². The summed E-state index contributed by atoms with van der Waals surface area (Å²) in [7, 11) is 1.89. The molecular formula is C7H15NO2. The molecule has 0 amide bonds. The number of rotatable bonds is 5. The fourth-order valence-corrected chi connectivity index (χ4v) is 0.815. The summed E-state index contributed by atoms with van der Waals surface area (Å²) in [5.41, 5.74) is 0. The van der Waals surface area contributed by atoms with E-state index < -0.39 is 0 Å². The second-order valence-corrected chi connectivity index (χ2v) is 2.57. The van der Waals surface area contributed by atoms with E-state index in [-0.39, 0.29) is 6.10 Å². The number of carbonyl (C=O) groups is 1. The highest BCUT2D eigenvalue weighted by Crippen LogP contribution is 1.88. The molecule has 0 aromatic carbocycles. The molecule has 0 rings (SSSR count). The maximum atomic E-state index is 9.91. The number of hydrogen-bond acceptors (Lipinski definition) is 3. The summed E-state index contributed by atoms with van der Waals surface area (Å²) in [6.45, 7) is 3.10. The highest BCUT2D eigenvalue weighted by molar-refractivity contribution is 5.49. The van der Waals surface area contributed by atoms with Crippen molar-refractivity contribution in [1.82, 2.24) is 4.90 Å². The number of nitrogens with zero attached hydrogens (tertiary/aromatic N) is 1. The van der Waals surface area contributed by atoms with E-state index in [1.54, 1.807) is 6.92 Å². The normalized spacial score (nSPS) is 13.6. The van der Waals surface area contributed by atoms with Gasteiger partial charge in [-0.1, -0.05) is 0 Å². The van der Waals surface area contributed by atoms with E-state index in [0.717, 1.165) is 12.8 Å². The van der Waals surface area contributed by atoms with Crippen LogP contribution >= 0.6 is 0 Å². The van der Waals surface area contributed by atoms with Gasteiger partial charge in [0.05, 0.1) is 6.10 Å². The molecule has 3 heteroatoms. The monoisotopic (exact) mass is 145 g/mol. The van der Waals surface area contributed by atoms with Gasteiger partial charge in [0.2, 0.25) is 0 Å². The number of carbonyl (C=O) groups excluding carboxylic acids is 1. The predicted molar refractivity (Wildman–Crippen MR) is 39.9 cm³/mol. The van der Waals surface area contributed by atoms with Crippen LogP contribution in [0, 0.1) is 0 Å². The lowest BCUT2D eigenvalue weighted by molar-refractivity contribution is -0.108. The van der Waals surface area contributed by atoms with Gasteiger partial charge in [-0.15, -0.1) is 0 Å². The van der Waals surface area contributed by atoms with Crippen LogP contribution in [-0.2, 0) is 4.79 Å². The van der Waals surface area contributed by atoms with Crippen LogP contribution in [0.4, 0.5) is 0 Å². The van der Waals surface area contributed by atoms with Crippen molar-refractivity contribution >= 4 is 6.29 Å². The van der Waals surface area contributed by atoms with Gasteiger partial charge in [-0.2, -0.15) is 0 Å². The van der Waals surface area contributed by atoms with Gasteiger partial charge >= 0.3 is 0 Å². The quantitative estimate of drug-likeness (QED) is 0.549. The number of likely N-dealkylation sites (N-methyl/N-ethyl adjacent to an activating group) is 1. The Balaban J connectivity index is 3.24. The molecule has 0 aliphatic carbocycles. The summed E-state index contributed by atoms with van der Waals surface area (Å²) in [6.07, 6.45) is 1.12. The van der Waals surface area contributed by atoms with E-state index in [0.29, 0.717) is 13.0 Å². The third-order valence-electron chi connectivity index (χ3n) is 1.20. The second-order valence-electron chi connectivity index (χ2n) is 2.57. The molecule has 1 N–H and O–H groups in total. The van der Waals surface area contributed by atoms with Crippen LogP contribution in [0.25, 0.3) is 0 Å². The lowest BCUT2D eigenvalue weighted by atomic mass is 10.3. The number of aliphatic hydroxyl groups excluding tert-OH is 1. The molecule has 0 aromatic rings. The van der Waals surface area contributed by atoms with E-state index in [4.69, 9.17) is 5.11 Å². The van der Waals surface area contributed by atoms with Crippen molar-refractivity contribution in [1.29, 1.82) is 0 Å². The van der Waals surface area contributed by atoms with E-state index in [2.05, 4.69) is 0 Å². The summed E-state index contributed by atoms with van der Waals surface area (Å²) in [5.74, 6) is 0. The molecule has 0 fully saturated rings. The Labute approximate surface area is 61.6 Å². The van der Waals surface area contributed by atoms with Gasteiger partial charge in [0.25, 0.3) is 0 Å². The van der Waals surface area contributed by atoms with Crippen LogP contribution in [-0.4, -0.2) is 42.5 Å². The Morgan fingerprint density at radius 3 is 2.70 bits per heavy atom. The first-order valence-electron chi connectivity index (χ1n) is 3.47. The maximum absolute atomic E-state index is 9.91. The first-order chi connectivity index (χ1) is 4.66. The Hall–Kier alpha value is -0.410. The average molecular weight is 145 g/mol. The Morgan fingerprint density at radius 1 is 1.70 bits per heavy atom. The molecule has 0 radical (unpaired) electrons. The van der Waals surface area contributed by atoms with Crippen molar-refractivity contribution in [3.8, 4) is 0 Å². The SMILES string of the molecule is CC(O)CN(C)CCC=O. The number of aldehydes is 1. The smallest absolute Gasteiger partial charge is 0.121 e. The zero-order valence-corrected chi connectivity index (χ0v) is 6.58.